The van der Waals surface area contributed by atoms with Crippen molar-refractivity contribution in [2.45, 2.75) is 38.8 Å². The second-order valence-corrected chi connectivity index (χ2v) is 4.40. The van der Waals surface area contributed by atoms with Gasteiger partial charge in [-0.2, -0.15) is 0 Å². The number of anilines is 1. The van der Waals surface area contributed by atoms with Crippen LogP contribution in [-0.2, 0) is 11.2 Å². The fourth-order valence-electron chi connectivity index (χ4n) is 1.68. The molecule has 0 aliphatic heterocycles. The van der Waals surface area contributed by atoms with E-state index in [9.17, 15) is 0 Å². The molecular weight excluding hydrogens is 214 g/mol. The minimum atomic E-state index is 0.177. The van der Waals surface area contributed by atoms with E-state index in [1.165, 1.54) is 5.56 Å². The normalized spacial score (nSPS) is 14.4. The molecule has 1 aromatic carbocycles. The van der Waals surface area contributed by atoms with Crippen LogP contribution in [-0.4, -0.2) is 31.0 Å². The largest absolute Gasteiger partial charge is 0.396 e. The molecule has 0 fully saturated rings. The highest BCUT2D eigenvalue weighted by molar-refractivity contribution is 5.46. The van der Waals surface area contributed by atoms with Gasteiger partial charge in [-0.25, -0.2) is 0 Å². The molecule has 2 N–H and O–H groups in total. The maximum Gasteiger partial charge on any atom is 0.0741 e. The number of ether oxygens (including phenoxy) is 1. The molecule has 0 aromatic heterocycles. The second kappa shape index (κ2) is 7.30. The molecule has 3 heteroatoms. The van der Waals surface area contributed by atoms with Crippen molar-refractivity contribution in [1.29, 1.82) is 0 Å². The number of hydrogen-bond donors (Lipinski definition) is 2. The van der Waals surface area contributed by atoms with Gasteiger partial charge in [0.25, 0.3) is 0 Å². The lowest BCUT2D eigenvalue weighted by Gasteiger charge is -2.21. The number of aliphatic hydroxyl groups is 1. The third-order valence-corrected chi connectivity index (χ3v) is 3.02. The summed E-state index contributed by atoms with van der Waals surface area (Å²) in [6.07, 6.45) is 1.91. The van der Waals surface area contributed by atoms with Crippen LogP contribution >= 0.6 is 0 Å². The number of aliphatic hydroxyl groups excluding tert-OH is 1. The zero-order chi connectivity index (χ0) is 12.7. The summed E-state index contributed by atoms with van der Waals surface area (Å²) in [6.45, 7) is 4.40. The molecule has 1 aromatic rings. The Morgan fingerprint density at radius 1 is 1.35 bits per heavy atom. The highest BCUT2D eigenvalue weighted by Crippen LogP contribution is 2.14. The van der Waals surface area contributed by atoms with Crippen molar-refractivity contribution in [3.05, 3.63) is 29.8 Å². The number of aryl methyl sites for hydroxylation is 1. The quantitative estimate of drug-likeness (QED) is 0.765. The first-order valence-electron chi connectivity index (χ1n) is 6.16. The first-order chi connectivity index (χ1) is 8.17. The van der Waals surface area contributed by atoms with Gasteiger partial charge in [-0.15, -0.1) is 0 Å². The topological polar surface area (TPSA) is 41.5 Å². The Morgan fingerprint density at radius 2 is 2.12 bits per heavy atom. The lowest BCUT2D eigenvalue weighted by molar-refractivity contribution is 0.106. The van der Waals surface area contributed by atoms with Crippen LogP contribution in [0.25, 0.3) is 0 Å². The van der Waals surface area contributed by atoms with Crippen LogP contribution in [0.15, 0.2) is 24.3 Å². The molecule has 0 amide bonds. The van der Waals surface area contributed by atoms with E-state index in [0.717, 1.165) is 18.5 Å². The smallest absolute Gasteiger partial charge is 0.0741 e. The van der Waals surface area contributed by atoms with Crippen molar-refractivity contribution in [2.24, 2.45) is 0 Å². The van der Waals surface area contributed by atoms with E-state index in [1.54, 1.807) is 7.11 Å². The number of hydrogen-bond acceptors (Lipinski definition) is 3. The molecule has 0 aliphatic carbocycles. The Bertz CT molecular complexity index is 328. The van der Waals surface area contributed by atoms with Gasteiger partial charge in [-0.3, -0.25) is 0 Å². The zero-order valence-corrected chi connectivity index (χ0v) is 10.9. The van der Waals surface area contributed by atoms with Crippen LogP contribution in [0.5, 0.6) is 0 Å². The molecular formula is C14H23NO2. The van der Waals surface area contributed by atoms with Crippen LogP contribution in [0.2, 0.25) is 0 Å². The van der Waals surface area contributed by atoms with E-state index in [0.29, 0.717) is 0 Å². The summed E-state index contributed by atoms with van der Waals surface area (Å²) in [5, 5.41) is 12.2. The van der Waals surface area contributed by atoms with Crippen LogP contribution < -0.4 is 5.32 Å². The first-order valence-corrected chi connectivity index (χ1v) is 6.16. The molecule has 0 spiro atoms. The summed E-state index contributed by atoms with van der Waals surface area (Å²) in [7, 11) is 1.72. The van der Waals surface area contributed by atoms with Gasteiger partial charge in [0.05, 0.1) is 6.10 Å². The van der Waals surface area contributed by atoms with Crippen LogP contribution in [0.1, 0.15) is 25.8 Å². The molecule has 0 bridgehead atoms. The molecule has 17 heavy (non-hydrogen) atoms. The van der Waals surface area contributed by atoms with Gasteiger partial charge in [-0.05, 0) is 44.4 Å². The zero-order valence-electron chi connectivity index (χ0n) is 10.9. The minimum Gasteiger partial charge on any atom is -0.396 e. The SMILES string of the molecule is COC(C)C(C)Nc1cccc(CCCO)c1. The standard InChI is InChI=1S/C14H23NO2/c1-11(12(2)17-3)15-14-8-4-6-13(10-14)7-5-9-16/h4,6,8,10-12,15-16H,5,7,9H2,1-3H3. The number of benzene rings is 1. The molecule has 0 saturated heterocycles. The maximum absolute atomic E-state index is 8.81. The minimum absolute atomic E-state index is 0.177. The lowest BCUT2D eigenvalue weighted by Crippen LogP contribution is -2.29. The van der Waals surface area contributed by atoms with Gasteiger partial charge < -0.3 is 15.2 Å². The molecule has 96 valence electrons. The monoisotopic (exact) mass is 237 g/mol. The Balaban J connectivity index is 2.58. The summed E-state index contributed by atoms with van der Waals surface area (Å²) in [6, 6.07) is 8.59. The molecule has 1 rings (SSSR count). The third-order valence-electron chi connectivity index (χ3n) is 3.02. The van der Waals surface area contributed by atoms with Crippen LogP contribution in [0, 0.1) is 0 Å². The van der Waals surface area contributed by atoms with E-state index in [1.807, 2.05) is 13.0 Å². The molecule has 3 nitrogen and oxygen atoms in total. The van der Waals surface area contributed by atoms with Gasteiger partial charge in [0.15, 0.2) is 0 Å². The summed E-state index contributed by atoms with van der Waals surface area (Å²) < 4.78 is 5.28. The summed E-state index contributed by atoms with van der Waals surface area (Å²) >= 11 is 0. The van der Waals surface area contributed by atoms with Crippen LogP contribution in [0.4, 0.5) is 5.69 Å². The van der Waals surface area contributed by atoms with Crippen LogP contribution in [0.3, 0.4) is 0 Å². The molecule has 2 unspecified atom stereocenters. The highest BCUT2D eigenvalue weighted by Gasteiger charge is 2.10. The fourth-order valence-corrected chi connectivity index (χ4v) is 1.68. The van der Waals surface area contributed by atoms with Gasteiger partial charge in [-0.1, -0.05) is 12.1 Å². The van der Waals surface area contributed by atoms with E-state index in [-0.39, 0.29) is 18.8 Å². The van der Waals surface area contributed by atoms with Gasteiger partial charge >= 0.3 is 0 Å². The average molecular weight is 237 g/mol. The van der Waals surface area contributed by atoms with E-state index < -0.39 is 0 Å². The lowest BCUT2D eigenvalue weighted by atomic mass is 10.1. The average Bonchev–Trinajstić information content (AvgIpc) is 2.35. The van der Waals surface area contributed by atoms with Crippen molar-refractivity contribution in [3.8, 4) is 0 Å². The molecule has 0 radical (unpaired) electrons. The van der Waals surface area contributed by atoms with Crippen molar-refractivity contribution in [2.75, 3.05) is 19.0 Å². The van der Waals surface area contributed by atoms with Crippen molar-refractivity contribution < 1.29 is 9.84 Å². The Labute approximate surface area is 104 Å². The maximum atomic E-state index is 8.81. The summed E-state index contributed by atoms with van der Waals surface area (Å²) in [5.74, 6) is 0. The van der Waals surface area contributed by atoms with E-state index in [4.69, 9.17) is 9.84 Å². The predicted octanol–water partition coefficient (Wildman–Crippen LogP) is 2.45. The van der Waals surface area contributed by atoms with Crippen molar-refractivity contribution >= 4 is 5.69 Å². The number of methoxy groups -OCH3 is 1. The first kappa shape index (κ1) is 14.0. The number of nitrogens with one attached hydrogen (secondary N) is 1. The molecule has 0 saturated carbocycles. The molecule has 0 heterocycles. The van der Waals surface area contributed by atoms with E-state index in [2.05, 4.69) is 30.4 Å². The Hall–Kier alpha value is -1.06. The van der Waals surface area contributed by atoms with Crippen molar-refractivity contribution in [3.63, 3.8) is 0 Å². The van der Waals surface area contributed by atoms with Gasteiger partial charge in [0.1, 0.15) is 0 Å². The second-order valence-electron chi connectivity index (χ2n) is 4.40. The predicted molar refractivity (Wildman–Crippen MR) is 71.4 cm³/mol. The molecule has 2 atom stereocenters. The Morgan fingerprint density at radius 3 is 2.76 bits per heavy atom. The van der Waals surface area contributed by atoms with Crippen molar-refractivity contribution in [1.82, 2.24) is 0 Å². The Kier molecular flexibility index (Phi) is 6.01. The molecule has 0 aliphatic rings. The highest BCUT2D eigenvalue weighted by atomic mass is 16.5. The third kappa shape index (κ3) is 4.75. The summed E-state index contributed by atoms with van der Waals surface area (Å²) in [5.41, 5.74) is 2.36. The number of rotatable bonds is 7. The van der Waals surface area contributed by atoms with Gasteiger partial charge in [0.2, 0.25) is 0 Å². The van der Waals surface area contributed by atoms with Gasteiger partial charge in [0, 0.05) is 25.4 Å². The van der Waals surface area contributed by atoms with E-state index >= 15 is 0 Å². The fraction of sp³-hybridized carbons (Fsp3) is 0.571. The summed E-state index contributed by atoms with van der Waals surface area (Å²) in [4.78, 5) is 0.